The number of aliphatic imine (C=N–C) groups is 1. The molecule has 0 N–H and O–H groups in total. The Kier molecular flexibility index (Phi) is 4.50. The monoisotopic (exact) mass is 289 g/mol. The van der Waals surface area contributed by atoms with Crippen molar-refractivity contribution < 1.29 is 0 Å². The Morgan fingerprint density at radius 1 is 1.00 bits per heavy atom. The fourth-order valence-electron chi connectivity index (χ4n) is 2.78. The van der Waals surface area contributed by atoms with E-state index in [0.29, 0.717) is 5.56 Å². The quantitative estimate of drug-likeness (QED) is 0.846. The number of nitriles is 1. The molecule has 1 heterocycles. The van der Waals surface area contributed by atoms with Gasteiger partial charge >= 0.3 is 0 Å². The normalized spacial score (nSPS) is 16.5. The van der Waals surface area contributed by atoms with Gasteiger partial charge in [0.05, 0.1) is 11.3 Å². The van der Waals surface area contributed by atoms with Gasteiger partial charge in [0.2, 0.25) is 0 Å². The lowest BCUT2D eigenvalue weighted by Gasteiger charge is -2.30. The second-order valence-electron chi connectivity index (χ2n) is 5.52. The fourth-order valence-corrected chi connectivity index (χ4v) is 2.78. The molecular formula is C19H19N3. The number of nitrogens with zero attached hydrogens (tertiary/aromatic N) is 3. The van der Waals surface area contributed by atoms with E-state index in [1.165, 1.54) is 18.4 Å². The van der Waals surface area contributed by atoms with Crippen LogP contribution in [0.4, 0.5) is 5.69 Å². The van der Waals surface area contributed by atoms with Gasteiger partial charge in [-0.2, -0.15) is 5.26 Å². The van der Waals surface area contributed by atoms with Crippen molar-refractivity contribution in [1.29, 1.82) is 5.26 Å². The zero-order chi connectivity index (χ0) is 15.2. The van der Waals surface area contributed by atoms with Crippen molar-refractivity contribution in [3.63, 3.8) is 0 Å². The summed E-state index contributed by atoms with van der Waals surface area (Å²) >= 11 is 0. The third-order valence-electron chi connectivity index (χ3n) is 3.93. The van der Waals surface area contributed by atoms with Gasteiger partial charge in [-0.1, -0.05) is 42.5 Å². The van der Waals surface area contributed by atoms with Gasteiger partial charge in [0.1, 0.15) is 11.9 Å². The van der Waals surface area contributed by atoms with E-state index in [4.69, 9.17) is 4.99 Å². The second kappa shape index (κ2) is 6.91. The third-order valence-corrected chi connectivity index (χ3v) is 3.93. The molecule has 0 atom stereocenters. The number of rotatable bonds is 3. The van der Waals surface area contributed by atoms with Crippen molar-refractivity contribution in [1.82, 2.24) is 4.90 Å². The molecule has 1 aliphatic rings. The first kappa shape index (κ1) is 14.3. The Hall–Kier alpha value is -2.60. The van der Waals surface area contributed by atoms with Crippen LogP contribution in [0.1, 0.15) is 30.4 Å². The topological polar surface area (TPSA) is 39.4 Å². The molecule has 0 saturated carbocycles. The molecule has 0 bridgehead atoms. The summed E-state index contributed by atoms with van der Waals surface area (Å²) in [6, 6.07) is 20.3. The van der Waals surface area contributed by atoms with E-state index < -0.39 is 0 Å². The number of hydrogen-bond donors (Lipinski definition) is 0. The van der Waals surface area contributed by atoms with Gasteiger partial charge in [-0.25, -0.2) is 4.99 Å². The van der Waals surface area contributed by atoms with E-state index in [-0.39, 0.29) is 0 Å². The predicted octanol–water partition coefficient (Wildman–Crippen LogP) is 4.27. The maximum atomic E-state index is 9.22. The summed E-state index contributed by atoms with van der Waals surface area (Å²) in [4.78, 5) is 7.13. The third kappa shape index (κ3) is 3.35. The van der Waals surface area contributed by atoms with E-state index in [0.717, 1.165) is 31.0 Å². The molecule has 1 saturated heterocycles. The number of para-hydroxylation sites is 1. The first-order chi connectivity index (χ1) is 10.9. The minimum atomic E-state index is 0.639. The maximum absolute atomic E-state index is 9.22. The Bertz CT molecular complexity index is 698. The molecule has 110 valence electrons. The van der Waals surface area contributed by atoms with Crippen LogP contribution in [0.3, 0.4) is 0 Å². The van der Waals surface area contributed by atoms with Gasteiger partial charge in [0.15, 0.2) is 0 Å². The zero-order valence-electron chi connectivity index (χ0n) is 12.6. The van der Waals surface area contributed by atoms with Gasteiger partial charge in [-0.3, -0.25) is 0 Å². The molecule has 1 aliphatic heterocycles. The molecule has 0 spiro atoms. The predicted molar refractivity (Wildman–Crippen MR) is 89.0 cm³/mol. The number of amidine groups is 1. The van der Waals surface area contributed by atoms with E-state index in [1.54, 1.807) is 0 Å². The van der Waals surface area contributed by atoms with Crippen molar-refractivity contribution in [3.8, 4) is 6.07 Å². The fraction of sp³-hybridized carbons (Fsp3) is 0.263. The molecule has 0 aromatic heterocycles. The summed E-state index contributed by atoms with van der Waals surface area (Å²) in [6.07, 6.45) is 3.34. The molecule has 0 unspecified atom stereocenters. The average Bonchev–Trinajstić information content (AvgIpc) is 2.58. The van der Waals surface area contributed by atoms with E-state index in [2.05, 4.69) is 35.2 Å². The van der Waals surface area contributed by atoms with Gasteiger partial charge in [-0.15, -0.1) is 0 Å². The lowest BCUT2D eigenvalue weighted by atomic mass is 10.1. The van der Waals surface area contributed by atoms with Crippen LogP contribution >= 0.6 is 0 Å². The highest BCUT2D eigenvalue weighted by Gasteiger charge is 2.17. The Labute approximate surface area is 131 Å². The van der Waals surface area contributed by atoms with Crippen LogP contribution in [0.5, 0.6) is 0 Å². The number of piperidine rings is 1. The van der Waals surface area contributed by atoms with E-state index in [9.17, 15) is 5.26 Å². The molecule has 3 rings (SSSR count). The van der Waals surface area contributed by atoms with Crippen LogP contribution in [-0.4, -0.2) is 17.3 Å². The molecule has 0 radical (unpaired) electrons. The van der Waals surface area contributed by atoms with Crippen molar-refractivity contribution in [2.24, 2.45) is 4.99 Å². The van der Waals surface area contributed by atoms with Crippen LogP contribution in [0.25, 0.3) is 0 Å². The van der Waals surface area contributed by atoms with Gasteiger partial charge in [0, 0.05) is 19.5 Å². The van der Waals surface area contributed by atoms with Gasteiger partial charge < -0.3 is 4.90 Å². The first-order valence-electron chi connectivity index (χ1n) is 7.72. The van der Waals surface area contributed by atoms with E-state index >= 15 is 0 Å². The maximum Gasteiger partial charge on any atom is 0.105 e. The highest BCUT2D eigenvalue weighted by Crippen LogP contribution is 2.22. The Morgan fingerprint density at radius 2 is 1.77 bits per heavy atom. The molecular weight excluding hydrogens is 270 g/mol. The van der Waals surface area contributed by atoms with Gasteiger partial charge in [-0.05, 0) is 30.5 Å². The van der Waals surface area contributed by atoms with Crippen LogP contribution < -0.4 is 0 Å². The summed E-state index contributed by atoms with van der Waals surface area (Å²) in [5, 5.41) is 9.22. The zero-order valence-corrected chi connectivity index (χ0v) is 12.6. The lowest BCUT2D eigenvalue weighted by Crippen LogP contribution is -2.34. The molecule has 22 heavy (non-hydrogen) atoms. The largest absolute Gasteiger partial charge is 0.356 e. The molecule has 3 nitrogen and oxygen atoms in total. The second-order valence-corrected chi connectivity index (χ2v) is 5.52. The standard InChI is InChI=1S/C19H19N3/c20-14-17-10-4-5-11-18(17)21-19-12-6-7-13-22(19)15-16-8-2-1-3-9-16/h1-5,8-11H,6-7,12-13,15H2. The molecule has 1 fully saturated rings. The average molecular weight is 289 g/mol. The molecule has 0 aliphatic carbocycles. The van der Waals surface area contributed by atoms with Crippen molar-refractivity contribution in [2.75, 3.05) is 6.54 Å². The molecule has 2 aromatic carbocycles. The minimum absolute atomic E-state index is 0.639. The van der Waals surface area contributed by atoms with Crippen LogP contribution in [0.2, 0.25) is 0 Å². The van der Waals surface area contributed by atoms with Crippen molar-refractivity contribution in [2.45, 2.75) is 25.8 Å². The molecule has 0 amide bonds. The number of likely N-dealkylation sites (tertiary alicyclic amines) is 1. The molecule has 2 aromatic rings. The summed E-state index contributed by atoms with van der Waals surface area (Å²) in [7, 11) is 0. The smallest absolute Gasteiger partial charge is 0.105 e. The van der Waals surface area contributed by atoms with E-state index in [1.807, 2.05) is 30.3 Å². The SMILES string of the molecule is N#Cc1ccccc1N=C1CCCCN1Cc1ccccc1. The summed E-state index contributed by atoms with van der Waals surface area (Å²) in [5.74, 6) is 1.10. The Balaban J connectivity index is 1.86. The summed E-state index contributed by atoms with van der Waals surface area (Å²) < 4.78 is 0. The highest BCUT2D eigenvalue weighted by molar-refractivity contribution is 5.86. The van der Waals surface area contributed by atoms with Crippen LogP contribution in [0.15, 0.2) is 59.6 Å². The van der Waals surface area contributed by atoms with Gasteiger partial charge in [0.25, 0.3) is 0 Å². The number of benzene rings is 2. The number of hydrogen-bond acceptors (Lipinski definition) is 2. The molecule has 3 heteroatoms. The van der Waals surface area contributed by atoms with Crippen LogP contribution in [-0.2, 0) is 6.54 Å². The summed E-state index contributed by atoms with van der Waals surface area (Å²) in [5.41, 5.74) is 2.71. The first-order valence-corrected chi connectivity index (χ1v) is 7.72. The van der Waals surface area contributed by atoms with Crippen molar-refractivity contribution in [3.05, 3.63) is 65.7 Å². The lowest BCUT2D eigenvalue weighted by molar-refractivity contribution is 0.364. The Morgan fingerprint density at radius 3 is 2.59 bits per heavy atom. The van der Waals surface area contributed by atoms with Crippen LogP contribution in [0, 0.1) is 11.3 Å². The van der Waals surface area contributed by atoms with Crippen molar-refractivity contribution >= 4 is 11.5 Å². The summed E-state index contributed by atoms with van der Waals surface area (Å²) in [6.45, 7) is 1.91. The minimum Gasteiger partial charge on any atom is -0.356 e. The highest BCUT2D eigenvalue weighted by atomic mass is 15.2.